The highest BCUT2D eigenvalue weighted by Crippen LogP contribution is 2.33. The molecule has 8 nitrogen and oxygen atoms in total. The van der Waals surface area contributed by atoms with Gasteiger partial charge in [0.1, 0.15) is 11.4 Å². The summed E-state index contributed by atoms with van der Waals surface area (Å²) in [4.78, 5) is 13.1. The van der Waals surface area contributed by atoms with E-state index in [4.69, 9.17) is 4.74 Å². The first-order chi connectivity index (χ1) is 19.2. The normalized spacial score (nSPS) is 10.8. The fraction of sp³-hybridized carbons (Fsp3) is 0.0645. The number of rotatable bonds is 7. The predicted molar refractivity (Wildman–Crippen MR) is 154 cm³/mol. The zero-order valence-electron chi connectivity index (χ0n) is 21.5. The first-order valence-corrected chi connectivity index (χ1v) is 12.5. The maximum Gasteiger partial charge on any atom is 0.228 e. The number of hydrogen-bond acceptors (Lipinski definition) is 8. The van der Waals surface area contributed by atoms with Gasteiger partial charge < -0.3 is 15.4 Å². The van der Waals surface area contributed by atoms with Crippen LogP contribution in [-0.2, 0) is 0 Å². The van der Waals surface area contributed by atoms with Crippen LogP contribution in [-0.4, -0.2) is 32.2 Å². The molecule has 39 heavy (non-hydrogen) atoms. The summed E-state index contributed by atoms with van der Waals surface area (Å²) in [6, 6.07) is 29.7. The fourth-order valence-corrected chi connectivity index (χ4v) is 4.27. The van der Waals surface area contributed by atoms with Crippen molar-refractivity contribution >= 4 is 28.2 Å². The van der Waals surface area contributed by atoms with Crippen molar-refractivity contribution in [2.75, 3.05) is 17.7 Å². The second-order valence-electron chi connectivity index (χ2n) is 8.93. The molecule has 6 rings (SSSR count). The highest BCUT2D eigenvalue weighted by atomic mass is 16.5. The van der Waals surface area contributed by atoms with Crippen LogP contribution >= 0.6 is 0 Å². The summed E-state index contributed by atoms with van der Waals surface area (Å²) in [7, 11) is 1.78. The van der Waals surface area contributed by atoms with Gasteiger partial charge in [0.05, 0.1) is 11.3 Å². The molecule has 2 N–H and O–H groups in total. The zero-order chi connectivity index (χ0) is 26.6. The Kier molecular flexibility index (Phi) is 6.49. The topological polar surface area (TPSA) is 97.7 Å². The number of pyridine rings is 1. The Morgan fingerprint density at radius 2 is 1.51 bits per heavy atom. The summed E-state index contributed by atoms with van der Waals surface area (Å²) in [6.45, 7) is 2.07. The second kappa shape index (κ2) is 10.5. The molecule has 0 bridgehead atoms. The van der Waals surface area contributed by atoms with Gasteiger partial charge in [-0.1, -0.05) is 54.1 Å². The van der Waals surface area contributed by atoms with Crippen LogP contribution < -0.4 is 15.4 Å². The van der Waals surface area contributed by atoms with E-state index in [0.717, 1.165) is 39.0 Å². The Labute approximate surface area is 225 Å². The second-order valence-corrected chi connectivity index (χ2v) is 8.93. The van der Waals surface area contributed by atoms with E-state index in [0.29, 0.717) is 23.4 Å². The molecule has 6 aromatic rings. The van der Waals surface area contributed by atoms with E-state index in [-0.39, 0.29) is 0 Å². The molecule has 3 aromatic heterocycles. The summed E-state index contributed by atoms with van der Waals surface area (Å²) < 4.78 is 6.14. The van der Waals surface area contributed by atoms with Gasteiger partial charge in [-0.2, -0.15) is 0 Å². The molecule has 0 spiro atoms. The molecule has 0 saturated carbocycles. The van der Waals surface area contributed by atoms with Gasteiger partial charge in [-0.15, -0.1) is 10.2 Å². The highest BCUT2D eigenvalue weighted by molar-refractivity contribution is 6.00. The lowest BCUT2D eigenvalue weighted by atomic mass is 10.0. The fourth-order valence-electron chi connectivity index (χ4n) is 4.27. The molecule has 0 unspecified atom stereocenters. The number of benzene rings is 3. The smallest absolute Gasteiger partial charge is 0.228 e. The summed E-state index contributed by atoms with van der Waals surface area (Å²) in [5, 5.41) is 17.5. The van der Waals surface area contributed by atoms with Gasteiger partial charge in [0.2, 0.25) is 11.8 Å². The summed E-state index contributed by atoms with van der Waals surface area (Å²) in [5.74, 6) is 2.32. The number of ether oxygens (including phenoxy) is 1. The van der Waals surface area contributed by atoms with Crippen molar-refractivity contribution in [1.82, 2.24) is 25.1 Å². The van der Waals surface area contributed by atoms with Crippen LogP contribution in [0.4, 0.5) is 17.5 Å². The summed E-state index contributed by atoms with van der Waals surface area (Å²) >= 11 is 0. The number of aromatic nitrogens is 5. The number of nitrogens with zero attached hydrogens (tertiary/aromatic N) is 5. The molecule has 190 valence electrons. The number of anilines is 3. The quantitative estimate of drug-likeness (QED) is 0.236. The Morgan fingerprint density at radius 1 is 0.718 bits per heavy atom. The first kappa shape index (κ1) is 24.0. The molecule has 0 amide bonds. The van der Waals surface area contributed by atoms with E-state index < -0.39 is 0 Å². The zero-order valence-corrected chi connectivity index (χ0v) is 21.5. The van der Waals surface area contributed by atoms with Gasteiger partial charge >= 0.3 is 0 Å². The third-order valence-electron chi connectivity index (χ3n) is 6.27. The number of nitrogens with one attached hydrogen (secondary N) is 2. The van der Waals surface area contributed by atoms with Crippen LogP contribution in [0.15, 0.2) is 103 Å². The largest absolute Gasteiger partial charge is 0.438 e. The maximum absolute atomic E-state index is 6.14. The predicted octanol–water partition coefficient (Wildman–Crippen LogP) is 7.03. The number of fused-ring (bicyclic) bond motifs is 1. The first-order valence-electron chi connectivity index (χ1n) is 12.5. The van der Waals surface area contributed by atoms with Crippen molar-refractivity contribution in [3.63, 3.8) is 0 Å². The summed E-state index contributed by atoms with van der Waals surface area (Å²) in [5.41, 5.74) is 5.45. The molecule has 8 heteroatoms. The lowest BCUT2D eigenvalue weighted by Gasteiger charge is -2.13. The van der Waals surface area contributed by atoms with E-state index in [2.05, 4.69) is 79.1 Å². The average molecular weight is 512 g/mol. The number of hydrogen-bond donors (Lipinski definition) is 2. The van der Waals surface area contributed by atoms with Gasteiger partial charge in [-0.05, 0) is 49.4 Å². The van der Waals surface area contributed by atoms with Crippen LogP contribution in [0.3, 0.4) is 0 Å². The summed E-state index contributed by atoms with van der Waals surface area (Å²) in [6.07, 6.45) is 3.39. The molecule has 0 fully saturated rings. The van der Waals surface area contributed by atoms with E-state index in [9.17, 15) is 0 Å². The monoisotopic (exact) mass is 511 g/mol. The van der Waals surface area contributed by atoms with Gasteiger partial charge in [0.15, 0.2) is 5.82 Å². The molecule has 0 saturated heterocycles. The lowest BCUT2D eigenvalue weighted by molar-refractivity contribution is 0.465. The molecule has 3 aromatic carbocycles. The van der Waals surface area contributed by atoms with E-state index in [1.807, 2.05) is 54.6 Å². The molecule has 0 aliphatic carbocycles. The van der Waals surface area contributed by atoms with Crippen LogP contribution in [0, 0.1) is 6.92 Å². The third-order valence-corrected chi connectivity index (χ3v) is 6.27. The Bertz CT molecular complexity index is 1750. The van der Waals surface area contributed by atoms with Gasteiger partial charge in [-0.3, -0.25) is 0 Å². The minimum Gasteiger partial charge on any atom is -0.438 e. The standard InChI is InChI=1S/C31H25N7O/c1-20-9-11-21(12-10-20)28-24-6-3-4-7-25(24)29(38-37-28)35-22-13-15-23(16-14-22)39-30-26(8-5-18-33-30)27-17-19-34-31(32-2)36-27/h3-19H,1-2H3,(H,35,38)(H,32,34,36). The molecule has 0 aliphatic rings. The highest BCUT2D eigenvalue weighted by Gasteiger charge is 2.13. The molecule has 0 atom stereocenters. The van der Waals surface area contributed by atoms with E-state index >= 15 is 0 Å². The Hall–Kier alpha value is -5.37. The number of aryl methyl sites for hydroxylation is 1. The SMILES string of the molecule is CNc1nccc(-c2cccnc2Oc2ccc(Nc3nnc(-c4ccc(C)cc4)c4ccccc34)cc2)n1. The molecule has 0 radical (unpaired) electrons. The van der Waals surface area contributed by atoms with Crippen molar-refractivity contribution in [1.29, 1.82) is 0 Å². The minimum atomic E-state index is 0.461. The maximum atomic E-state index is 6.14. The van der Waals surface area contributed by atoms with Crippen molar-refractivity contribution in [3.8, 4) is 34.1 Å². The van der Waals surface area contributed by atoms with Gasteiger partial charge in [0, 0.05) is 41.5 Å². The van der Waals surface area contributed by atoms with Crippen molar-refractivity contribution in [2.45, 2.75) is 6.92 Å². The van der Waals surface area contributed by atoms with Gasteiger partial charge in [0.25, 0.3) is 0 Å². The van der Waals surface area contributed by atoms with Crippen molar-refractivity contribution in [2.24, 2.45) is 0 Å². The molecular weight excluding hydrogens is 486 g/mol. The van der Waals surface area contributed by atoms with Gasteiger partial charge in [-0.25, -0.2) is 15.0 Å². The third kappa shape index (κ3) is 5.08. The van der Waals surface area contributed by atoms with Crippen LogP contribution in [0.5, 0.6) is 11.6 Å². The molecule has 0 aliphatic heterocycles. The minimum absolute atomic E-state index is 0.461. The molecular formula is C31H25N7O. The average Bonchev–Trinajstić information content (AvgIpc) is 2.99. The molecule has 3 heterocycles. The van der Waals surface area contributed by atoms with Crippen molar-refractivity contribution in [3.05, 3.63) is 109 Å². The van der Waals surface area contributed by atoms with Crippen LogP contribution in [0.1, 0.15) is 5.56 Å². The van der Waals surface area contributed by atoms with Crippen LogP contribution in [0.25, 0.3) is 33.3 Å². The lowest BCUT2D eigenvalue weighted by Crippen LogP contribution is -1.99. The van der Waals surface area contributed by atoms with Crippen LogP contribution in [0.2, 0.25) is 0 Å². The van der Waals surface area contributed by atoms with E-state index in [1.54, 1.807) is 19.4 Å². The Morgan fingerprint density at radius 3 is 2.31 bits per heavy atom. The van der Waals surface area contributed by atoms with E-state index in [1.165, 1.54) is 5.56 Å². The van der Waals surface area contributed by atoms with Crippen molar-refractivity contribution < 1.29 is 4.74 Å². The Balaban J connectivity index is 1.25.